The molecule has 0 radical (unpaired) electrons. The summed E-state index contributed by atoms with van der Waals surface area (Å²) < 4.78 is 0. The van der Waals surface area contributed by atoms with Crippen LogP contribution in [0.3, 0.4) is 0 Å². The Balaban J connectivity index is 2.50. The van der Waals surface area contributed by atoms with Crippen LogP contribution >= 0.6 is 0 Å². The number of rotatable bonds is 7. The maximum Gasteiger partial charge on any atom is 0.251 e. The summed E-state index contributed by atoms with van der Waals surface area (Å²) in [5.41, 5.74) is 1.81. The summed E-state index contributed by atoms with van der Waals surface area (Å²) in [4.78, 5) is 11.4. The van der Waals surface area contributed by atoms with Crippen molar-refractivity contribution in [2.24, 2.45) is 0 Å². The van der Waals surface area contributed by atoms with Crippen LogP contribution in [0, 0.1) is 0 Å². The summed E-state index contributed by atoms with van der Waals surface area (Å²) in [6.45, 7) is 3.07. The lowest BCUT2D eigenvalue weighted by atomic mass is 10.1. The Morgan fingerprint density at radius 3 is 2.50 bits per heavy atom. The number of amides is 1. The minimum atomic E-state index is -0.0683. The topological polar surface area (TPSA) is 61.4 Å². The number of nitrogens with one attached hydrogen (secondary N) is 2. The number of carbonyl (C=O) groups is 1. The van der Waals surface area contributed by atoms with E-state index < -0.39 is 0 Å². The van der Waals surface area contributed by atoms with Crippen molar-refractivity contribution in [3.05, 3.63) is 35.4 Å². The van der Waals surface area contributed by atoms with E-state index in [0.29, 0.717) is 11.6 Å². The van der Waals surface area contributed by atoms with Crippen LogP contribution in [-0.2, 0) is 6.54 Å². The number of benzene rings is 1. The SMILES string of the molecule is CCC(CCO)NCc1ccc(C(=O)NC)cc1. The third kappa shape index (κ3) is 4.47. The third-order valence-electron chi connectivity index (χ3n) is 3.01. The first-order valence-corrected chi connectivity index (χ1v) is 6.36. The highest BCUT2D eigenvalue weighted by molar-refractivity contribution is 5.93. The Kier molecular flexibility index (Phi) is 6.39. The summed E-state index contributed by atoms with van der Waals surface area (Å²) in [7, 11) is 1.62. The number of hydrogen-bond acceptors (Lipinski definition) is 3. The van der Waals surface area contributed by atoms with E-state index in [1.54, 1.807) is 7.05 Å². The third-order valence-corrected chi connectivity index (χ3v) is 3.01. The molecule has 1 aromatic rings. The van der Waals surface area contributed by atoms with Crippen molar-refractivity contribution in [2.45, 2.75) is 32.4 Å². The van der Waals surface area contributed by atoms with Gasteiger partial charge in [0.05, 0.1) is 0 Å². The summed E-state index contributed by atoms with van der Waals surface area (Å²) in [5, 5.41) is 14.9. The van der Waals surface area contributed by atoms with Crippen LogP contribution < -0.4 is 10.6 Å². The Morgan fingerprint density at radius 1 is 1.33 bits per heavy atom. The van der Waals surface area contributed by atoms with Crippen molar-refractivity contribution < 1.29 is 9.90 Å². The van der Waals surface area contributed by atoms with E-state index in [9.17, 15) is 4.79 Å². The fraction of sp³-hybridized carbons (Fsp3) is 0.500. The van der Waals surface area contributed by atoms with Gasteiger partial charge in [-0.25, -0.2) is 0 Å². The van der Waals surface area contributed by atoms with Gasteiger partial charge in [0.1, 0.15) is 0 Å². The molecule has 0 aliphatic rings. The lowest BCUT2D eigenvalue weighted by molar-refractivity contribution is 0.0963. The zero-order chi connectivity index (χ0) is 13.4. The summed E-state index contributed by atoms with van der Waals surface area (Å²) >= 11 is 0. The van der Waals surface area contributed by atoms with Crippen LogP contribution in [0.15, 0.2) is 24.3 Å². The molecule has 100 valence electrons. The van der Waals surface area contributed by atoms with E-state index >= 15 is 0 Å². The molecular formula is C14H22N2O2. The smallest absolute Gasteiger partial charge is 0.251 e. The van der Waals surface area contributed by atoms with Gasteiger partial charge in [0.25, 0.3) is 5.91 Å². The van der Waals surface area contributed by atoms with Crippen molar-refractivity contribution in [2.75, 3.05) is 13.7 Å². The van der Waals surface area contributed by atoms with E-state index in [2.05, 4.69) is 17.6 Å². The zero-order valence-electron chi connectivity index (χ0n) is 11.1. The van der Waals surface area contributed by atoms with Gasteiger partial charge in [-0.05, 0) is 30.5 Å². The Labute approximate surface area is 108 Å². The quantitative estimate of drug-likeness (QED) is 0.683. The van der Waals surface area contributed by atoms with Gasteiger partial charge in [-0.1, -0.05) is 19.1 Å². The Hall–Kier alpha value is -1.39. The van der Waals surface area contributed by atoms with Gasteiger partial charge in [-0.3, -0.25) is 4.79 Å². The second-order valence-electron chi connectivity index (χ2n) is 4.27. The van der Waals surface area contributed by atoms with Crippen LogP contribution in [0.5, 0.6) is 0 Å². The van der Waals surface area contributed by atoms with Crippen molar-refractivity contribution in [1.82, 2.24) is 10.6 Å². The van der Waals surface area contributed by atoms with Gasteiger partial charge in [0.15, 0.2) is 0 Å². The van der Waals surface area contributed by atoms with Crippen LogP contribution in [0.1, 0.15) is 35.7 Å². The monoisotopic (exact) mass is 250 g/mol. The largest absolute Gasteiger partial charge is 0.396 e. The highest BCUT2D eigenvalue weighted by atomic mass is 16.3. The van der Waals surface area contributed by atoms with Crippen LogP contribution in [-0.4, -0.2) is 30.7 Å². The second-order valence-corrected chi connectivity index (χ2v) is 4.27. The molecule has 1 amide bonds. The first-order chi connectivity index (χ1) is 8.71. The predicted octanol–water partition coefficient (Wildman–Crippen LogP) is 1.30. The van der Waals surface area contributed by atoms with Gasteiger partial charge in [-0.15, -0.1) is 0 Å². The first kappa shape index (κ1) is 14.7. The molecule has 0 spiro atoms. The standard InChI is InChI=1S/C14H22N2O2/c1-3-13(8-9-17)16-10-11-4-6-12(7-5-11)14(18)15-2/h4-7,13,16-17H,3,8-10H2,1-2H3,(H,15,18). The minimum Gasteiger partial charge on any atom is -0.396 e. The summed E-state index contributed by atoms with van der Waals surface area (Å²) in [6.07, 6.45) is 1.77. The lowest BCUT2D eigenvalue weighted by Crippen LogP contribution is -2.28. The number of carbonyl (C=O) groups excluding carboxylic acids is 1. The average molecular weight is 250 g/mol. The second kappa shape index (κ2) is 7.84. The molecule has 18 heavy (non-hydrogen) atoms. The minimum absolute atomic E-state index is 0.0683. The number of aliphatic hydroxyl groups excluding tert-OH is 1. The van der Waals surface area contributed by atoms with E-state index in [-0.39, 0.29) is 12.5 Å². The zero-order valence-corrected chi connectivity index (χ0v) is 11.1. The van der Waals surface area contributed by atoms with Gasteiger partial charge in [-0.2, -0.15) is 0 Å². The molecule has 1 unspecified atom stereocenters. The lowest BCUT2D eigenvalue weighted by Gasteiger charge is -2.15. The molecule has 0 saturated heterocycles. The molecule has 4 nitrogen and oxygen atoms in total. The van der Waals surface area contributed by atoms with Gasteiger partial charge >= 0.3 is 0 Å². The molecule has 1 atom stereocenters. The molecule has 0 fully saturated rings. The highest BCUT2D eigenvalue weighted by Crippen LogP contribution is 2.06. The van der Waals surface area contributed by atoms with Gasteiger partial charge in [0.2, 0.25) is 0 Å². The van der Waals surface area contributed by atoms with Crippen LogP contribution in [0.4, 0.5) is 0 Å². The molecule has 0 aromatic heterocycles. The van der Waals surface area contributed by atoms with Crippen molar-refractivity contribution in [3.63, 3.8) is 0 Å². The van der Waals surface area contributed by atoms with Crippen LogP contribution in [0.2, 0.25) is 0 Å². The Bertz CT molecular complexity index is 363. The van der Waals surface area contributed by atoms with E-state index in [4.69, 9.17) is 5.11 Å². The molecule has 0 bridgehead atoms. The maximum atomic E-state index is 11.4. The molecule has 0 heterocycles. The van der Waals surface area contributed by atoms with E-state index in [0.717, 1.165) is 24.9 Å². The molecule has 3 N–H and O–H groups in total. The van der Waals surface area contributed by atoms with E-state index in [1.165, 1.54) is 0 Å². The Morgan fingerprint density at radius 2 is 2.00 bits per heavy atom. The molecule has 1 rings (SSSR count). The van der Waals surface area contributed by atoms with Gasteiger partial charge < -0.3 is 15.7 Å². The fourth-order valence-electron chi connectivity index (χ4n) is 1.79. The predicted molar refractivity (Wildman–Crippen MR) is 72.5 cm³/mol. The maximum absolute atomic E-state index is 11.4. The molecule has 0 aliphatic carbocycles. The molecular weight excluding hydrogens is 228 g/mol. The van der Waals surface area contributed by atoms with E-state index in [1.807, 2.05) is 24.3 Å². The normalized spacial score (nSPS) is 12.2. The number of aliphatic hydroxyl groups is 1. The summed E-state index contributed by atoms with van der Waals surface area (Å²) in [5.74, 6) is -0.0683. The highest BCUT2D eigenvalue weighted by Gasteiger charge is 2.05. The first-order valence-electron chi connectivity index (χ1n) is 6.36. The number of hydrogen-bond donors (Lipinski definition) is 3. The summed E-state index contributed by atoms with van der Waals surface area (Å²) in [6, 6.07) is 7.88. The van der Waals surface area contributed by atoms with Crippen molar-refractivity contribution >= 4 is 5.91 Å². The van der Waals surface area contributed by atoms with Crippen molar-refractivity contribution in [3.8, 4) is 0 Å². The molecule has 0 saturated carbocycles. The molecule has 0 aliphatic heterocycles. The molecule has 1 aromatic carbocycles. The average Bonchev–Trinajstić information content (AvgIpc) is 2.43. The molecule has 4 heteroatoms. The van der Waals surface area contributed by atoms with Crippen molar-refractivity contribution in [1.29, 1.82) is 0 Å². The fourth-order valence-corrected chi connectivity index (χ4v) is 1.79. The van der Waals surface area contributed by atoms with Gasteiger partial charge in [0, 0.05) is 31.8 Å². The van der Waals surface area contributed by atoms with Crippen LogP contribution in [0.25, 0.3) is 0 Å².